The van der Waals surface area contributed by atoms with Gasteiger partial charge in [0, 0.05) is 34.1 Å². The molecule has 0 saturated carbocycles. The zero-order chi connectivity index (χ0) is 26.6. The topological polar surface area (TPSA) is 23.5 Å². The lowest BCUT2D eigenvalue weighted by Crippen LogP contribution is -2.29. The Balaban J connectivity index is 1.48. The highest BCUT2D eigenvalue weighted by molar-refractivity contribution is 5.96. The third kappa shape index (κ3) is 3.63. The summed E-state index contributed by atoms with van der Waals surface area (Å²) in [7, 11) is 0. The molecule has 0 aromatic heterocycles. The van der Waals surface area contributed by atoms with Crippen molar-refractivity contribution in [2.75, 3.05) is 4.90 Å². The molecule has 190 valence electrons. The summed E-state index contributed by atoms with van der Waals surface area (Å²) in [5.41, 5.74) is 10.1. The predicted octanol–water partition coefficient (Wildman–Crippen LogP) is 9.68. The Morgan fingerprint density at radius 1 is 0.667 bits per heavy atom. The number of fused-ring (bicyclic) bond motifs is 4. The molecule has 7 rings (SSSR count). The van der Waals surface area contributed by atoms with Crippen LogP contribution in [0, 0.1) is 11.8 Å². The van der Waals surface area contributed by atoms with Crippen LogP contribution in [0.25, 0.3) is 16.7 Å². The van der Waals surface area contributed by atoms with Crippen LogP contribution >= 0.6 is 0 Å². The Labute approximate surface area is 230 Å². The van der Waals surface area contributed by atoms with Gasteiger partial charge in [-0.05, 0) is 52.6 Å². The van der Waals surface area contributed by atoms with Crippen LogP contribution < -0.4 is 4.90 Å². The van der Waals surface area contributed by atoms with Crippen molar-refractivity contribution in [1.82, 2.24) is 0 Å². The third-order valence-electron chi connectivity index (χ3n) is 8.48. The van der Waals surface area contributed by atoms with Gasteiger partial charge in [0.05, 0.1) is 11.4 Å². The van der Waals surface area contributed by atoms with E-state index in [4.69, 9.17) is 0 Å². The van der Waals surface area contributed by atoms with Crippen molar-refractivity contribution in [3.05, 3.63) is 156 Å². The van der Waals surface area contributed by atoms with Crippen LogP contribution in [0.4, 0.5) is 17.1 Å². The van der Waals surface area contributed by atoms with Gasteiger partial charge in [-0.3, -0.25) is 0 Å². The second kappa shape index (κ2) is 9.03. The minimum atomic E-state index is -0.281. The van der Waals surface area contributed by atoms with Crippen molar-refractivity contribution < 1.29 is 5.11 Å². The van der Waals surface area contributed by atoms with Crippen molar-refractivity contribution >= 4 is 22.6 Å². The molecule has 3 aliphatic carbocycles. The van der Waals surface area contributed by atoms with Crippen LogP contribution in [0.5, 0.6) is 0 Å². The monoisotopic (exact) mass is 505 g/mol. The Morgan fingerprint density at radius 2 is 1.31 bits per heavy atom. The number of hydrogen-bond donors (Lipinski definition) is 1. The lowest BCUT2D eigenvalue weighted by Gasteiger charge is -2.37. The molecule has 3 aliphatic rings. The van der Waals surface area contributed by atoms with Crippen molar-refractivity contribution in [2.45, 2.75) is 19.3 Å². The first-order valence-corrected chi connectivity index (χ1v) is 13.7. The number of aliphatic hydroxyl groups excluding tert-OH is 1. The number of hydrogen-bond acceptors (Lipinski definition) is 2. The Bertz CT molecular complexity index is 1690. The average molecular weight is 506 g/mol. The van der Waals surface area contributed by atoms with Crippen molar-refractivity contribution in [2.24, 2.45) is 11.8 Å². The molecule has 0 amide bonds. The summed E-state index contributed by atoms with van der Waals surface area (Å²) >= 11 is 0. The first-order valence-electron chi connectivity index (χ1n) is 13.7. The highest BCUT2D eigenvalue weighted by Gasteiger charge is 2.47. The van der Waals surface area contributed by atoms with E-state index in [1.54, 1.807) is 0 Å². The first-order chi connectivity index (χ1) is 19.1. The minimum absolute atomic E-state index is 0.176. The second-order valence-corrected chi connectivity index (χ2v) is 11.1. The van der Waals surface area contributed by atoms with Crippen LogP contribution in [0.2, 0.25) is 0 Å². The molecule has 0 saturated heterocycles. The molecule has 0 fully saturated rings. The lowest BCUT2D eigenvalue weighted by molar-refractivity contribution is 0.411. The Hall–Kier alpha value is -4.56. The van der Waals surface area contributed by atoms with E-state index in [0.29, 0.717) is 5.76 Å². The van der Waals surface area contributed by atoms with E-state index >= 15 is 0 Å². The summed E-state index contributed by atoms with van der Waals surface area (Å²) in [6, 6.07) is 36.4. The summed E-state index contributed by atoms with van der Waals surface area (Å²) < 4.78 is 0. The smallest absolute Gasteiger partial charge is 0.120 e. The van der Waals surface area contributed by atoms with Gasteiger partial charge in [-0.1, -0.05) is 117 Å². The standard InChI is InChI=1S/C37H31NO/c1-37(2)35-30(34-33(39)24-26-16-9-10-20-29(26)36(34)37)21-13-23-32(35)38(27-17-7-4-8-18-27)31-22-12-11-19-28(31)25-14-5-3-6-15-25/h3-24,26,29,39H,1-2H3/t26-,29?/m1/s1. The maximum atomic E-state index is 11.4. The fourth-order valence-electron chi connectivity index (χ4n) is 6.90. The van der Waals surface area contributed by atoms with E-state index in [9.17, 15) is 5.11 Å². The SMILES string of the molecule is CC1(C)C2=C(C(O)=C[C@H]3C=CC=CC23)c2cccc(N(c3ccccc3)c3ccccc3-c3ccccc3)c21. The van der Waals surface area contributed by atoms with Gasteiger partial charge in [-0.25, -0.2) is 0 Å². The van der Waals surface area contributed by atoms with Gasteiger partial charge in [0.2, 0.25) is 0 Å². The molecular formula is C37H31NO. The Kier molecular flexibility index (Phi) is 5.45. The highest BCUT2D eigenvalue weighted by Crippen LogP contribution is 2.59. The average Bonchev–Trinajstić information content (AvgIpc) is 3.23. The summed E-state index contributed by atoms with van der Waals surface area (Å²) in [6.07, 6.45) is 10.8. The van der Waals surface area contributed by atoms with E-state index in [2.05, 4.69) is 146 Å². The molecule has 0 bridgehead atoms. The molecule has 1 N–H and O–H groups in total. The molecule has 0 heterocycles. The van der Waals surface area contributed by atoms with Gasteiger partial charge in [0.25, 0.3) is 0 Å². The molecule has 39 heavy (non-hydrogen) atoms. The van der Waals surface area contributed by atoms with Crippen molar-refractivity contribution in [1.29, 1.82) is 0 Å². The van der Waals surface area contributed by atoms with E-state index in [-0.39, 0.29) is 17.3 Å². The summed E-state index contributed by atoms with van der Waals surface area (Å²) in [5.74, 6) is 0.805. The maximum absolute atomic E-state index is 11.4. The summed E-state index contributed by atoms with van der Waals surface area (Å²) in [6.45, 7) is 4.65. The van der Waals surface area contributed by atoms with Crippen molar-refractivity contribution in [3.8, 4) is 11.1 Å². The van der Waals surface area contributed by atoms with Crippen molar-refractivity contribution in [3.63, 3.8) is 0 Å². The highest BCUT2D eigenvalue weighted by atomic mass is 16.3. The van der Waals surface area contributed by atoms with Gasteiger partial charge >= 0.3 is 0 Å². The van der Waals surface area contributed by atoms with Gasteiger partial charge in [0.15, 0.2) is 0 Å². The fraction of sp³-hybridized carbons (Fsp3) is 0.135. The first kappa shape index (κ1) is 23.5. The quantitative estimate of drug-likeness (QED) is 0.298. The normalized spacial score (nSPS) is 20.2. The van der Waals surface area contributed by atoms with Crippen LogP contribution in [0.1, 0.15) is 25.0 Å². The molecule has 4 aromatic rings. The maximum Gasteiger partial charge on any atom is 0.120 e. The molecule has 0 spiro atoms. The van der Waals surface area contributed by atoms with Gasteiger partial charge < -0.3 is 10.0 Å². The number of nitrogens with zero attached hydrogens (tertiary/aromatic N) is 1. The van der Waals surface area contributed by atoms with Gasteiger partial charge in [-0.2, -0.15) is 0 Å². The molecule has 2 nitrogen and oxygen atoms in total. The summed E-state index contributed by atoms with van der Waals surface area (Å²) in [4.78, 5) is 2.40. The number of benzene rings is 4. The van der Waals surface area contributed by atoms with E-state index < -0.39 is 0 Å². The number of allylic oxidation sites excluding steroid dienone is 7. The number of rotatable bonds is 4. The second-order valence-electron chi connectivity index (χ2n) is 11.1. The lowest BCUT2D eigenvalue weighted by atomic mass is 9.68. The largest absolute Gasteiger partial charge is 0.508 e. The molecule has 2 heteroatoms. The van der Waals surface area contributed by atoms with Crippen LogP contribution in [0.15, 0.2) is 145 Å². The third-order valence-corrected chi connectivity index (χ3v) is 8.48. The predicted molar refractivity (Wildman–Crippen MR) is 162 cm³/mol. The number of anilines is 3. The minimum Gasteiger partial charge on any atom is -0.508 e. The van der Waals surface area contributed by atoms with E-state index in [0.717, 1.165) is 28.2 Å². The van der Waals surface area contributed by atoms with E-state index in [1.165, 1.54) is 22.3 Å². The molecule has 4 aromatic carbocycles. The zero-order valence-electron chi connectivity index (χ0n) is 22.3. The molecule has 2 atom stereocenters. The Morgan fingerprint density at radius 3 is 2.10 bits per heavy atom. The molecule has 0 aliphatic heterocycles. The molecular weight excluding hydrogens is 474 g/mol. The van der Waals surface area contributed by atoms with Crippen LogP contribution in [-0.2, 0) is 5.41 Å². The van der Waals surface area contributed by atoms with Gasteiger partial charge in [-0.15, -0.1) is 0 Å². The number of aliphatic hydroxyl groups is 1. The van der Waals surface area contributed by atoms with Gasteiger partial charge in [0.1, 0.15) is 5.76 Å². The zero-order valence-corrected chi connectivity index (χ0v) is 22.3. The number of para-hydroxylation sites is 2. The molecule has 1 unspecified atom stereocenters. The molecule has 0 radical (unpaired) electrons. The van der Waals surface area contributed by atoms with E-state index in [1.807, 2.05) is 6.08 Å². The fourth-order valence-corrected chi connectivity index (χ4v) is 6.90. The van der Waals surface area contributed by atoms with Crippen LogP contribution in [-0.4, -0.2) is 5.11 Å². The van der Waals surface area contributed by atoms with Crippen LogP contribution in [0.3, 0.4) is 0 Å². The summed E-state index contributed by atoms with van der Waals surface area (Å²) in [5, 5.41) is 11.4.